The van der Waals surface area contributed by atoms with E-state index in [1.807, 2.05) is 69.3 Å². The number of nitrogens with zero attached hydrogens (tertiary/aromatic N) is 1. The molecule has 0 unspecified atom stereocenters. The predicted molar refractivity (Wildman–Crippen MR) is 164 cm³/mol. The van der Waals surface area contributed by atoms with E-state index in [0.717, 1.165) is 47.4 Å². The molecule has 208 valence electrons. The Morgan fingerprint density at radius 1 is 0.730 bits per heavy atom. The van der Waals surface area contributed by atoms with Crippen LogP contribution in [0.4, 0.5) is 4.79 Å². The Morgan fingerprint density at radius 3 is 1.70 bits per heavy atom. The first-order valence-corrected chi connectivity index (χ1v) is 14.8. The van der Waals surface area contributed by atoms with E-state index in [-0.39, 0.29) is 12.7 Å². The molecule has 0 bridgehead atoms. The molecule has 2 aromatic carbocycles. The molecule has 2 rings (SSSR count). The Morgan fingerprint density at radius 2 is 1.22 bits per heavy atom. The summed E-state index contributed by atoms with van der Waals surface area (Å²) in [6.45, 7) is 7.85. The van der Waals surface area contributed by atoms with Crippen LogP contribution in [0.5, 0.6) is 11.5 Å². The number of unbranched alkanes of at least 4 members (excludes halogenated alkanes) is 3. The van der Waals surface area contributed by atoms with Gasteiger partial charge >= 0.3 is 6.09 Å². The van der Waals surface area contributed by atoms with Gasteiger partial charge in [0.25, 0.3) is 0 Å². The second kappa shape index (κ2) is 19.7. The van der Waals surface area contributed by atoms with Gasteiger partial charge in [-0.25, -0.2) is 4.79 Å². The Labute approximate surface area is 249 Å². The van der Waals surface area contributed by atoms with E-state index in [4.69, 9.17) is 24.4 Å². The molecule has 1 amide bonds. The van der Waals surface area contributed by atoms with Crippen LogP contribution in [-0.4, -0.2) is 66.3 Å². The lowest BCUT2D eigenvalue weighted by Gasteiger charge is -2.27. The van der Waals surface area contributed by atoms with Crippen LogP contribution in [0.15, 0.2) is 48.5 Å². The quantitative estimate of drug-likeness (QED) is 0.170. The molecular formula is C28H41I2NO6. The van der Waals surface area contributed by atoms with E-state index in [1.54, 1.807) is 4.90 Å². The van der Waals surface area contributed by atoms with E-state index in [1.165, 1.54) is 3.57 Å². The van der Waals surface area contributed by atoms with E-state index in [9.17, 15) is 4.79 Å². The van der Waals surface area contributed by atoms with Gasteiger partial charge in [0, 0.05) is 26.9 Å². The maximum absolute atomic E-state index is 12.1. The molecule has 0 saturated heterocycles. The highest BCUT2D eigenvalue weighted by Gasteiger charge is 2.21. The zero-order chi connectivity index (χ0) is 27.5. The van der Waals surface area contributed by atoms with Crippen molar-refractivity contribution in [1.82, 2.24) is 4.90 Å². The third kappa shape index (κ3) is 17.8. The molecule has 0 aromatic heterocycles. The number of carbonyl (C=O) groups excluding carboxylic acids is 1. The number of aliphatic hydroxyl groups is 2. The lowest BCUT2D eigenvalue weighted by atomic mass is 10.2. The highest BCUT2D eigenvalue weighted by Crippen LogP contribution is 2.15. The van der Waals surface area contributed by atoms with Crippen molar-refractivity contribution in [2.75, 3.05) is 39.5 Å². The molecular weight excluding hydrogens is 700 g/mol. The number of halogens is 2. The zero-order valence-electron chi connectivity index (χ0n) is 22.1. The van der Waals surface area contributed by atoms with Gasteiger partial charge in [-0.3, -0.25) is 0 Å². The summed E-state index contributed by atoms with van der Waals surface area (Å²) < 4.78 is 18.9. The van der Waals surface area contributed by atoms with Crippen LogP contribution in [0, 0.1) is 7.14 Å². The number of benzene rings is 2. The van der Waals surface area contributed by atoms with Gasteiger partial charge in [-0.1, -0.05) is 6.42 Å². The minimum atomic E-state index is -0.536. The molecule has 9 heteroatoms. The lowest BCUT2D eigenvalue weighted by Crippen LogP contribution is -2.39. The first-order chi connectivity index (χ1) is 17.6. The van der Waals surface area contributed by atoms with Gasteiger partial charge in [0.2, 0.25) is 0 Å². The number of hydrogen-bond donors (Lipinski definition) is 2. The van der Waals surface area contributed by atoms with Crippen LogP contribution in [0.1, 0.15) is 52.9 Å². The topological polar surface area (TPSA) is 88.5 Å². The molecule has 2 N–H and O–H groups in total. The summed E-state index contributed by atoms with van der Waals surface area (Å²) in [4.78, 5) is 13.7. The summed E-state index contributed by atoms with van der Waals surface area (Å²) in [5.74, 6) is 1.71. The van der Waals surface area contributed by atoms with Crippen LogP contribution in [0.3, 0.4) is 0 Å². The number of carbonyl (C=O) groups is 1. The number of hydrogen-bond acceptors (Lipinski definition) is 6. The molecule has 0 atom stereocenters. The smallest absolute Gasteiger partial charge is 0.410 e. The van der Waals surface area contributed by atoms with Gasteiger partial charge in [0.1, 0.15) is 23.7 Å². The molecule has 0 aliphatic rings. The van der Waals surface area contributed by atoms with Crippen molar-refractivity contribution in [2.24, 2.45) is 0 Å². The van der Waals surface area contributed by atoms with Gasteiger partial charge in [-0.05, 0) is 140 Å². The first-order valence-electron chi connectivity index (χ1n) is 12.6. The van der Waals surface area contributed by atoms with Crippen LogP contribution in [0.2, 0.25) is 0 Å². The van der Waals surface area contributed by atoms with Crippen molar-refractivity contribution >= 4 is 51.3 Å². The fraction of sp³-hybridized carbons (Fsp3) is 0.536. The SMILES string of the molecule is CC(C)(C)OC(=O)N(CCCO)CCOc1ccc(I)cc1.OCCCCCCOc1ccc(I)cc1. The van der Waals surface area contributed by atoms with Crippen LogP contribution >= 0.6 is 45.2 Å². The fourth-order valence-corrected chi connectivity index (χ4v) is 3.69. The molecule has 0 fully saturated rings. The third-order valence-corrected chi connectivity index (χ3v) is 6.25. The summed E-state index contributed by atoms with van der Waals surface area (Å²) in [7, 11) is 0. The minimum absolute atomic E-state index is 0.0390. The number of rotatable bonds is 14. The average molecular weight is 741 g/mol. The van der Waals surface area contributed by atoms with Crippen molar-refractivity contribution in [3.05, 3.63) is 55.7 Å². The Hall–Kier alpha value is -1.31. The van der Waals surface area contributed by atoms with E-state index in [0.29, 0.717) is 32.7 Å². The Balaban J connectivity index is 0.000000397. The highest BCUT2D eigenvalue weighted by atomic mass is 127. The third-order valence-electron chi connectivity index (χ3n) is 4.82. The molecule has 0 aliphatic carbocycles. The molecule has 0 aliphatic heterocycles. The first kappa shape index (κ1) is 33.7. The van der Waals surface area contributed by atoms with Crippen molar-refractivity contribution < 1.29 is 29.2 Å². The molecule has 2 aromatic rings. The van der Waals surface area contributed by atoms with Crippen LogP contribution in [-0.2, 0) is 4.74 Å². The summed E-state index contributed by atoms with van der Waals surface area (Å²) >= 11 is 4.51. The van der Waals surface area contributed by atoms with E-state index < -0.39 is 5.60 Å². The van der Waals surface area contributed by atoms with Crippen LogP contribution < -0.4 is 9.47 Å². The number of ether oxygens (including phenoxy) is 3. The van der Waals surface area contributed by atoms with Gasteiger partial charge in [0.15, 0.2) is 0 Å². The maximum Gasteiger partial charge on any atom is 0.410 e. The fourth-order valence-electron chi connectivity index (χ4n) is 2.98. The Bertz CT molecular complexity index is 856. The van der Waals surface area contributed by atoms with Gasteiger partial charge in [-0.2, -0.15) is 0 Å². The number of aliphatic hydroxyl groups excluding tert-OH is 2. The summed E-state index contributed by atoms with van der Waals surface area (Å²) in [5, 5.41) is 17.5. The summed E-state index contributed by atoms with van der Waals surface area (Å²) in [6.07, 6.45) is 4.32. The number of amides is 1. The summed E-state index contributed by atoms with van der Waals surface area (Å²) in [5.41, 5.74) is -0.536. The van der Waals surface area contributed by atoms with Crippen LogP contribution in [0.25, 0.3) is 0 Å². The van der Waals surface area contributed by atoms with Gasteiger partial charge < -0.3 is 29.3 Å². The van der Waals surface area contributed by atoms with Gasteiger partial charge in [-0.15, -0.1) is 0 Å². The standard InChI is InChI=1S/C16H24INO4.C12H17IO2/c1-16(2,3)22-15(20)18(9-4-11-19)10-12-21-14-7-5-13(17)6-8-14;13-11-5-7-12(8-6-11)15-10-4-2-1-3-9-14/h5-8,19H,4,9-12H2,1-3H3;5-8,14H,1-4,9-10H2. The van der Waals surface area contributed by atoms with E-state index >= 15 is 0 Å². The maximum atomic E-state index is 12.1. The minimum Gasteiger partial charge on any atom is -0.494 e. The zero-order valence-corrected chi connectivity index (χ0v) is 26.4. The molecule has 0 saturated carbocycles. The van der Waals surface area contributed by atoms with Gasteiger partial charge in [0.05, 0.1) is 13.2 Å². The van der Waals surface area contributed by atoms with Crippen molar-refractivity contribution in [3.8, 4) is 11.5 Å². The normalized spacial score (nSPS) is 10.8. The molecule has 7 nitrogen and oxygen atoms in total. The summed E-state index contributed by atoms with van der Waals surface area (Å²) in [6, 6.07) is 15.8. The highest BCUT2D eigenvalue weighted by molar-refractivity contribution is 14.1. The van der Waals surface area contributed by atoms with Crippen molar-refractivity contribution in [2.45, 2.75) is 58.5 Å². The van der Waals surface area contributed by atoms with E-state index in [2.05, 4.69) is 45.2 Å². The molecule has 0 spiro atoms. The molecule has 0 heterocycles. The molecule has 0 radical (unpaired) electrons. The molecule has 37 heavy (non-hydrogen) atoms. The second-order valence-corrected chi connectivity index (χ2v) is 11.8. The largest absolute Gasteiger partial charge is 0.494 e. The second-order valence-electron chi connectivity index (χ2n) is 9.29. The average Bonchev–Trinajstić information content (AvgIpc) is 2.85. The van der Waals surface area contributed by atoms with Crippen molar-refractivity contribution in [1.29, 1.82) is 0 Å². The monoisotopic (exact) mass is 741 g/mol. The van der Waals surface area contributed by atoms with Crippen molar-refractivity contribution in [3.63, 3.8) is 0 Å². The predicted octanol–water partition coefficient (Wildman–Crippen LogP) is 6.51. The lowest BCUT2D eigenvalue weighted by molar-refractivity contribution is 0.0216. The Kier molecular flexibility index (Phi) is 18.0.